The summed E-state index contributed by atoms with van der Waals surface area (Å²) in [6.07, 6.45) is 2.41. The summed E-state index contributed by atoms with van der Waals surface area (Å²) < 4.78 is 1.03. The number of ketones is 1. The number of Topliss-reactive ketones (excluding diaryl/α,β-unsaturated/α-hetero) is 1. The average Bonchev–Trinajstić information content (AvgIpc) is 3.15. The Kier molecular flexibility index (Phi) is 4.89. The largest absolute Gasteiger partial charge is 0.342 e. The summed E-state index contributed by atoms with van der Waals surface area (Å²) in [5.41, 5.74) is 7.37. The van der Waals surface area contributed by atoms with Crippen LogP contribution in [-0.2, 0) is 11.2 Å². The van der Waals surface area contributed by atoms with Crippen molar-refractivity contribution < 1.29 is 4.79 Å². The van der Waals surface area contributed by atoms with Gasteiger partial charge < -0.3 is 5.32 Å². The van der Waals surface area contributed by atoms with Crippen LogP contribution in [0.15, 0.2) is 64.3 Å². The average molecular weight is 476 g/mol. The molecule has 2 N–H and O–H groups in total. The Hall–Kier alpha value is -2.66. The van der Waals surface area contributed by atoms with Gasteiger partial charge in [-0.3, -0.25) is 9.89 Å². The fourth-order valence-electron chi connectivity index (χ4n) is 4.91. The molecule has 1 aromatic heterocycles. The number of hydrogen-bond acceptors (Lipinski definition) is 3. The van der Waals surface area contributed by atoms with E-state index < -0.39 is 0 Å². The number of nitrogens with one attached hydrogen (secondary N) is 2. The van der Waals surface area contributed by atoms with Gasteiger partial charge in [0.05, 0.1) is 5.69 Å². The Morgan fingerprint density at radius 3 is 2.45 bits per heavy atom. The number of hydrogen-bond donors (Lipinski definition) is 2. The number of aromatic nitrogens is 2. The van der Waals surface area contributed by atoms with Gasteiger partial charge in [-0.1, -0.05) is 73.1 Å². The zero-order valence-corrected chi connectivity index (χ0v) is 19.6. The highest BCUT2D eigenvalue weighted by Gasteiger charge is 2.42. The third-order valence-corrected chi connectivity index (χ3v) is 6.95. The zero-order valence-electron chi connectivity index (χ0n) is 18.1. The summed E-state index contributed by atoms with van der Waals surface area (Å²) in [6.45, 7) is 6.47. The Morgan fingerprint density at radius 2 is 1.77 bits per heavy atom. The predicted octanol–water partition coefficient (Wildman–Crippen LogP) is 6.60. The Morgan fingerprint density at radius 1 is 1.06 bits per heavy atom. The fourth-order valence-corrected chi connectivity index (χ4v) is 5.18. The van der Waals surface area contributed by atoms with Crippen molar-refractivity contribution >= 4 is 27.5 Å². The lowest BCUT2D eigenvalue weighted by atomic mass is 9.69. The van der Waals surface area contributed by atoms with Crippen LogP contribution in [-0.4, -0.2) is 16.0 Å². The second-order valence-corrected chi connectivity index (χ2v) is 10.3. The molecule has 1 atom stereocenters. The lowest BCUT2D eigenvalue weighted by Crippen LogP contribution is -2.33. The maximum absolute atomic E-state index is 13.4. The minimum atomic E-state index is -0.137. The van der Waals surface area contributed by atoms with Crippen LogP contribution < -0.4 is 5.32 Å². The molecule has 31 heavy (non-hydrogen) atoms. The topological polar surface area (TPSA) is 57.8 Å². The third-order valence-electron chi connectivity index (χ3n) is 6.42. The number of benzene rings is 2. The normalized spacial score (nSPS) is 19.6. The van der Waals surface area contributed by atoms with E-state index in [-0.39, 0.29) is 17.1 Å². The number of nitrogens with zero attached hydrogens (tertiary/aromatic N) is 1. The SMILES string of the molecule is CCc1ccc(-c2[nH]nc3c2[C@@H](c2ccc(Br)cc2)C2=C(CC(C)(C)CC2=O)N3)cc1. The molecular formula is C26H26BrN3O. The van der Waals surface area contributed by atoms with Crippen molar-refractivity contribution in [2.45, 2.75) is 46.0 Å². The molecule has 158 valence electrons. The van der Waals surface area contributed by atoms with Gasteiger partial charge in [-0.15, -0.1) is 0 Å². The number of carbonyl (C=O) groups excluding carboxylic acids is 1. The molecule has 0 bridgehead atoms. The van der Waals surface area contributed by atoms with Crippen molar-refractivity contribution in [1.29, 1.82) is 0 Å². The molecule has 4 nitrogen and oxygen atoms in total. The first kappa shape index (κ1) is 20.3. The molecule has 0 amide bonds. The summed E-state index contributed by atoms with van der Waals surface area (Å²) in [6, 6.07) is 16.9. The zero-order chi connectivity index (χ0) is 21.8. The van der Waals surface area contributed by atoms with Crippen LogP contribution in [0.25, 0.3) is 11.3 Å². The number of allylic oxidation sites excluding steroid dienone is 2. The lowest BCUT2D eigenvalue weighted by molar-refractivity contribution is -0.118. The van der Waals surface area contributed by atoms with Crippen molar-refractivity contribution in [3.63, 3.8) is 0 Å². The molecule has 2 aromatic carbocycles. The summed E-state index contributed by atoms with van der Waals surface area (Å²) in [5.74, 6) is 0.917. The second kappa shape index (κ2) is 7.49. The minimum absolute atomic E-state index is 0.0557. The van der Waals surface area contributed by atoms with E-state index in [1.54, 1.807) is 0 Å². The molecule has 0 saturated heterocycles. The first-order valence-corrected chi connectivity index (χ1v) is 11.6. The number of carbonyl (C=O) groups is 1. The number of rotatable bonds is 3. The van der Waals surface area contributed by atoms with Gasteiger partial charge >= 0.3 is 0 Å². The molecule has 0 radical (unpaired) electrons. The van der Waals surface area contributed by atoms with Gasteiger partial charge in [0.15, 0.2) is 11.6 Å². The van der Waals surface area contributed by atoms with Crippen LogP contribution in [0.2, 0.25) is 0 Å². The van der Waals surface area contributed by atoms with Gasteiger partial charge in [0, 0.05) is 33.6 Å². The molecule has 0 unspecified atom stereocenters. The van der Waals surface area contributed by atoms with E-state index in [1.807, 2.05) is 12.1 Å². The molecule has 5 heteroatoms. The highest BCUT2D eigenvalue weighted by atomic mass is 79.9. The monoisotopic (exact) mass is 475 g/mol. The molecule has 2 aliphatic rings. The number of H-pyrrole nitrogens is 1. The van der Waals surface area contributed by atoms with Crippen LogP contribution >= 0.6 is 15.9 Å². The lowest BCUT2D eigenvalue weighted by Gasteiger charge is -2.38. The standard InChI is InChI=1S/C26H26BrN3O/c1-4-15-5-7-17(8-6-15)24-23-21(16-9-11-18(27)12-10-16)22-19(28-25(23)30-29-24)13-26(2,3)14-20(22)31/h5-12,21H,4,13-14H2,1-3H3,(H2,28,29,30)/t21-/m0/s1. The molecule has 3 aromatic rings. The van der Waals surface area contributed by atoms with E-state index in [0.29, 0.717) is 6.42 Å². The number of aromatic amines is 1. The van der Waals surface area contributed by atoms with Crippen LogP contribution in [0.3, 0.4) is 0 Å². The molecule has 0 saturated carbocycles. The van der Waals surface area contributed by atoms with Crippen molar-refractivity contribution in [2.24, 2.45) is 5.41 Å². The Labute approximate surface area is 191 Å². The Bertz CT molecular complexity index is 1190. The van der Waals surface area contributed by atoms with Crippen molar-refractivity contribution in [3.05, 3.63) is 81.0 Å². The van der Waals surface area contributed by atoms with Crippen LogP contribution in [0.1, 0.15) is 56.2 Å². The highest BCUT2D eigenvalue weighted by Crippen LogP contribution is 2.50. The van der Waals surface area contributed by atoms with Gasteiger partial charge in [0.25, 0.3) is 0 Å². The maximum atomic E-state index is 13.4. The van der Waals surface area contributed by atoms with E-state index in [4.69, 9.17) is 0 Å². The van der Waals surface area contributed by atoms with E-state index in [1.165, 1.54) is 5.56 Å². The minimum Gasteiger partial charge on any atom is -0.342 e. The van der Waals surface area contributed by atoms with Crippen molar-refractivity contribution in [2.75, 3.05) is 5.32 Å². The van der Waals surface area contributed by atoms with Gasteiger partial charge in [-0.25, -0.2) is 0 Å². The second-order valence-electron chi connectivity index (χ2n) is 9.35. The van der Waals surface area contributed by atoms with Crippen molar-refractivity contribution in [3.8, 4) is 11.3 Å². The molecule has 1 aliphatic heterocycles. The summed E-state index contributed by atoms with van der Waals surface area (Å²) in [4.78, 5) is 13.4. The highest BCUT2D eigenvalue weighted by molar-refractivity contribution is 9.10. The van der Waals surface area contributed by atoms with Gasteiger partial charge in [-0.05, 0) is 47.1 Å². The summed E-state index contributed by atoms with van der Waals surface area (Å²) in [7, 11) is 0. The van der Waals surface area contributed by atoms with Gasteiger partial charge in [-0.2, -0.15) is 5.10 Å². The van der Waals surface area contributed by atoms with Crippen molar-refractivity contribution in [1.82, 2.24) is 10.2 Å². The maximum Gasteiger partial charge on any atom is 0.162 e. The number of aryl methyl sites for hydroxylation is 1. The van der Waals surface area contributed by atoms with Gasteiger partial charge in [0.1, 0.15) is 0 Å². The van der Waals surface area contributed by atoms with E-state index in [2.05, 4.69) is 88.6 Å². The first-order valence-electron chi connectivity index (χ1n) is 10.8. The first-order chi connectivity index (χ1) is 14.9. The van der Waals surface area contributed by atoms with Gasteiger partial charge in [0.2, 0.25) is 0 Å². The smallest absolute Gasteiger partial charge is 0.162 e. The van der Waals surface area contributed by atoms with E-state index >= 15 is 0 Å². The number of halogens is 1. The Balaban J connectivity index is 1.70. The van der Waals surface area contributed by atoms with E-state index in [9.17, 15) is 4.79 Å². The summed E-state index contributed by atoms with van der Waals surface area (Å²) >= 11 is 3.54. The number of anilines is 1. The van der Waals surface area contributed by atoms with Crippen LogP contribution in [0.4, 0.5) is 5.82 Å². The molecule has 0 fully saturated rings. The number of fused-ring (bicyclic) bond motifs is 1. The molecule has 1 aliphatic carbocycles. The van der Waals surface area contributed by atoms with Crippen LogP contribution in [0, 0.1) is 5.41 Å². The quantitative estimate of drug-likeness (QED) is 0.448. The summed E-state index contributed by atoms with van der Waals surface area (Å²) in [5, 5.41) is 11.4. The third kappa shape index (κ3) is 3.55. The molecule has 0 spiro atoms. The molecular weight excluding hydrogens is 450 g/mol. The van der Waals surface area contributed by atoms with E-state index in [0.717, 1.165) is 56.8 Å². The fraction of sp³-hybridized carbons (Fsp3) is 0.308. The van der Waals surface area contributed by atoms with Crippen LogP contribution in [0.5, 0.6) is 0 Å². The molecule has 5 rings (SSSR count). The predicted molar refractivity (Wildman–Crippen MR) is 128 cm³/mol. The molecule has 2 heterocycles.